The van der Waals surface area contributed by atoms with E-state index in [1.165, 1.54) is 6.33 Å². The van der Waals surface area contributed by atoms with E-state index < -0.39 is 24.7 Å². The first kappa shape index (κ1) is 18.1. The lowest BCUT2D eigenvalue weighted by Crippen LogP contribution is -2.46. The fourth-order valence-electron chi connectivity index (χ4n) is 3.30. The molecule has 0 aromatic carbocycles. The van der Waals surface area contributed by atoms with Crippen molar-refractivity contribution in [3.63, 3.8) is 0 Å². The first-order valence-corrected chi connectivity index (χ1v) is 8.64. The Morgan fingerprint density at radius 2 is 2.21 bits per heavy atom. The molecule has 4 rings (SSSR count). The van der Waals surface area contributed by atoms with Crippen LogP contribution in [0.1, 0.15) is 12.8 Å². The van der Waals surface area contributed by atoms with Crippen LogP contribution in [-0.2, 0) is 4.79 Å². The molecule has 1 saturated heterocycles. The fourth-order valence-corrected chi connectivity index (χ4v) is 3.30. The monoisotopic (exact) mass is 391 g/mol. The molecule has 1 aliphatic rings. The van der Waals surface area contributed by atoms with Gasteiger partial charge in [0.05, 0.1) is 0 Å². The highest BCUT2D eigenvalue weighted by molar-refractivity contribution is 5.91. The molecule has 0 unspecified atom stereocenters. The predicted octanol–water partition coefficient (Wildman–Crippen LogP) is 2.06. The SMILES string of the molecule is O=C(NCC(F)(F)F)[C@H]1CCCN1c1ccnc(-c2c[nH]c3ncncc23)n1. The molecule has 1 aliphatic heterocycles. The van der Waals surface area contributed by atoms with Crippen LogP contribution in [0.15, 0.2) is 31.0 Å². The third kappa shape index (κ3) is 3.59. The number of aromatic nitrogens is 5. The molecule has 0 bridgehead atoms. The molecule has 146 valence electrons. The zero-order valence-electron chi connectivity index (χ0n) is 14.6. The van der Waals surface area contributed by atoms with Crippen LogP contribution in [0.3, 0.4) is 0 Å². The number of anilines is 1. The Morgan fingerprint density at radius 1 is 1.36 bits per heavy atom. The first-order valence-electron chi connectivity index (χ1n) is 8.64. The number of carbonyl (C=O) groups is 1. The second-order valence-corrected chi connectivity index (χ2v) is 6.41. The van der Waals surface area contributed by atoms with Crippen LogP contribution in [0.4, 0.5) is 19.0 Å². The minimum absolute atomic E-state index is 0.417. The second-order valence-electron chi connectivity index (χ2n) is 6.41. The highest BCUT2D eigenvalue weighted by atomic mass is 19.4. The van der Waals surface area contributed by atoms with E-state index in [9.17, 15) is 18.0 Å². The first-order chi connectivity index (χ1) is 13.4. The van der Waals surface area contributed by atoms with Gasteiger partial charge in [-0.05, 0) is 18.9 Å². The largest absolute Gasteiger partial charge is 0.405 e. The molecule has 3 aromatic heterocycles. The molecule has 3 aromatic rings. The summed E-state index contributed by atoms with van der Waals surface area (Å²) >= 11 is 0. The van der Waals surface area contributed by atoms with Crippen molar-refractivity contribution in [1.82, 2.24) is 30.2 Å². The number of nitrogens with zero attached hydrogens (tertiary/aromatic N) is 5. The number of amides is 1. The number of hydrogen-bond acceptors (Lipinski definition) is 6. The van der Waals surface area contributed by atoms with Gasteiger partial charge in [0, 0.05) is 36.1 Å². The Balaban J connectivity index is 1.59. The number of H-pyrrole nitrogens is 1. The maximum atomic E-state index is 12.4. The summed E-state index contributed by atoms with van der Waals surface area (Å²) < 4.78 is 37.2. The van der Waals surface area contributed by atoms with Crippen LogP contribution in [0.2, 0.25) is 0 Å². The van der Waals surface area contributed by atoms with Crippen LogP contribution in [0, 0.1) is 0 Å². The molecule has 0 spiro atoms. The third-order valence-corrected chi connectivity index (χ3v) is 4.55. The molecule has 0 radical (unpaired) electrons. The maximum Gasteiger partial charge on any atom is 0.405 e. The van der Waals surface area contributed by atoms with Crippen molar-refractivity contribution in [2.45, 2.75) is 25.1 Å². The number of carbonyl (C=O) groups excluding carboxylic acids is 1. The van der Waals surface area contributed by atoms with Crippen molar-refractivity contribution in [3.05, 3.63) is 31.0 Å². The van der Waals surface area contributed by atoms with E-state index in [1.54, 1.807) is 29.6 Å². The lowest BCUT2D eigenvalue weighted by atomic mass is 10.2. The summed E-state index contributed by atoms with van der Waals surface area (Å²) in [6.45, 7) is -0.821. The minimum Gasteiger partial charge on any atom is -0.345 e. The van der Waals surface area contributed by atoms with Gasteiger partial charge in [-0.3, -0.25) is 4.79 Å². The Hall–Kier alpha value is -3.24. The van der Waals surface area contributed by atoms with Gasteiger partial charge in [-0.1, -0.05) is 0 Å². The van der Waals surface area contributed by atoms with Gasteiger partial charge in [0.25, 0.3) is 0 Å². The van der Waals surface area contributed by atoms with E-state index in [0.29, 0.717) is 42.2 Å². The molecule has 1 fully saturated rings. The summed E-state index contributed by atoms with van der Waals surface area (Å²) in [5.74, 6) is 0.247. The van der Waals surface area contributed by atoms with Gasteiger partial charge in [-0.15, -0.1) is 0 Å². The standard InChI is InChI=1S/C17H16F3N7O/c18-17(19,20)8-24-16(28)12-2-1-5-27(12)13-3-4-22-15(26-13)11-7-23-14-10(11)6-21-9-25-14/h3-4,6-7,9,12H,1-2,5,8H2,(H,24,28)(H,21,23,25)/t12-/m1/s1. The zero-order chi connectivity index (χ0) is 19.7. The summed E-state index contributed by atoms with van der Waals surface area (Å²) in [4.78, 5) is 33.9. The van der Waals surface area contributed by atoms with Gasteiger partial charge in [-0.2, -0.15) is 13.2 Å². The van der Waals surface area contributed by atoms with Crippen LogP contribution in [-0.4, -0.2) is 56.1 Å². The van der Waals surface area contributed by atoms with Crippen LogP contribution in [0.5, 0.6) is 0 Å². The smallest absolute Gasteiger partial charge is 0.345 e. The van der Waals surface area contributed by atoms with Gasteiger partial charge in [0.2, 0.25) is 5.91 Å². The average Bonchev–Trinajstić information content (AvgIpc) is 3.33. The van der Waals surface area contributed by atoms with Gasteiger partial charge in [0.1, 0.15) is 30.4 Å². The van der Waals surface area contributed by atoms with Gasteiger partial charge in [-0.25, -0.2) is 19.9 Å². The van der Waals surface area contributed by atoms with Crippen molar-refractivity contribution < 1.29 is 18.0 Å². The number of fused-ring (bicyclic) bond motifs is 1. The van der Waals surface area contributed by atoms with E-state index in [2.05, 4.69) is 24.9 Å². The number of aromatic amines is 1. The highest BCUT2D eigenvalue weighted by Crippen LogP contribution is 2.28. The number of alkyl halides is 3. The summed E-state index contributed by atoms with van der Waals surface area (Å²) in [5, 5.41) is 2.71. The number of rotatable bonds is 4. The maximum absolute atomic E-state index is 12.4. The van der Waals surface area contributed by atoms with Crippen LogP contribution in [0.25, 0.3) is 22.4 Å². The molecule has 4 heterocycles. The molecule has 0 aliphatic carbocycles. The predicted molar refractivity (Wildman–Crippen MR) is 94.3 cm³/mol. The molecular formula is C17H16F3N7O. The van der Waals surface area contributed by atoms with Crippen molar-refractivity contribution in [2.24, 2.45) is 0 Å². The Bertz CT molecular complexity index is 1000. The molecule has 2 N–H and O–H groups in total. The summed E-state index contributed by atoms with van der Waals surface area (Å²) in [7, 11) is 0. The lowest BCUT2D eigenvalue weighted by Gasteiger charge is -2.25. The van der Waals surface area contributed by atoms with E-state index in [1.807, 2.05) is 5.32 Å². The van der Waals surface area contributed by atoms with Gasteiger partial charge >= 0.3 is 6.18 Å². The summed E-state index contributed by atoms with van der Waals surface area (Å²) in [6.07, 6.45) is 3.05. The summed E-state index contributed by atoms with van der Waals surface area (Å²) in [5.41, 5.74) is 1.35. The molecule has 8 nitrogen and oxygen atoms in total. The summed E-state index contributed by atoms with van der Waals surface area (Å²) in [6, 6.07) is 0.945. The quantitative estimate of drug-likeness (QED) is 0.706. The fraction of sp³-hybridized carbons (Fsp3) is 0.353. The topological polar surface area (TPSA) is 99.7 Å². The average molecular weight is 391 g/mol. The molecule has 1 atom stereocenters. The van der Waals surface area contributed by atoms with E-state index in [-0.39, 0.29) is 0 Å². The lowest BCUT2D eigenvalue weighted by molar-refractivity contribution is -0.139. The van der Waals surface area contributed by atoms with Gasteiger partial charge < -0.3 is 15.2 Å². The second kappa shape index (κ2) is 7.06. The van der Waals surface area contributed by atoms with Crippen LogP contribution < -0.4 is 10.2 Å². The van der Waals surface area contributed by atoms with Crippen molar-refractivity contribution >= 4 is 22.8 Å². The molecule has 0 saturated carbocycles. The van der Waals surface area contributed by atoms with Crippen molar-refractivity contribution in [2.75, 3.05) is 18.0 Å². The highest BCUT2D eigenvalue weighted by Gasteiger charge is 2.35. The minimum atomic E-state index is -4.45. The Morgan fingerprint density at radius 3 is 3.04 bits per heavy atom. The van der Waals surface area contributed by atoms with E-state index in [4.69, 9.17) is 0 Å². The van der Waals surface area contributed by atoms with E-state index >= 15 is 0 Å². The third-order valence-electron chi connectivity index (χ3n) is 4.55. The number of nitrogens with one attached hydrogen (secondary N) is 2. The molecule has 11 heteroatoms. The molecular weight excluding hydrogens is 375 g/mol. The van der Waals surface area contributed by atoms with Crippen molar-refractivity contribution in [1.29, 1.82) is 0 Å². The Kier molecular flexibility index (Phi) is 4.57. The Labute approximate surface area is 157 Å². The van der Waals surface area contributed by atoms with Gasteiger partial charge in [0.15, 0.2) is 5.82 Å². The van der Waals surface area contributed by atoms with Crippen LogP contribution >= 0.6 is 0 Å². The zero-order valence-corrected chi connectivity index (χ0v) is 14.6. The van der Waals surface area contributed by atoms with Crippen molar-refractivity contribution in [3.8, 4) is 11.4 Å². The molecule has 28 heavy (non-hydrogen) atoms. The normalized spacial score (nSPS) is 17.2. The number of halogens is 3. The molecule has 1 amide bonds. The number of hydrogen-bond donors (Lipinski definition) is 2. The van der Waals surface area contributed by atoms with E-state index in [0.717, 1.165) is 5.39 Å².